The Labute approximate surface area is 304 Å². The second-order valence-corrected chi connectivity index (χ2v) is 16.8. The van der Waals surface area contributed by atoms with Gasteiger partial charge in [0.15, 0.2) is 0 Å². The highest BCUT2D eigenvalue weighted by Gasteiger charge is 2.17. The molecule has 290 valence electrons. The Morgan fingerprint density at radius 3 is 1.29 bits per heavy atom. The first-order valence-corrected chi connectivity index (χ1v) is 22.2. The molecule has 0 aromatic heterocycles. The van der Waals surface area contributed by atoms with Crippen molar-refractivity contribution >= 4 is 19.6 Å². The summed E-state index contributed by atoms with van der Waals surface area (Å²) in [6.07, 6.45) is 41.0. The predicted octanol–water partition coefficient (Wildman–Crippen LogP) is 12.0. The quantitative estimate of drug-likeness (QED) is 0.0274. The maximum Gasteiger partial charge on any atom is 0.322 e. The second kappa shape index (κ2) is 34.1. The van der Waals surface area contributed by atoms with Gasteiger partial charge in [0.2, 0.25) is 0 Å². The lowest BCUT2D eigenvalue weighted by Crippen LogP contribution is -2.37. The van der Waals surface area contributed by atoms with Crippen LogP contribution in [0.1, 0.15) is 206 Å². The Bertz CT molecular complexity index is 840. The van der Waals surface area contributed by atoms with Gasteiger partial charge in [-0.25, -0.2) is 0 Å². The molecule has 0 aromatic rings. The van der Waals surface area contributed by atoms with E-state index in [1.165, 1.54) is 122 Å². The fraction of sp³-hybridized carbons (Fsp3) is 0.902. The minimum atomic E-state index is -4.57. The number of carbonyl (C=O) groups is 2. The molecule has 0 rings (SSSR count). The fourth-order valence-electron chi connectivity index (χ4n) is 6.03. The van der Waals surface area contributed by atoms with Crippen molar-refractivity contribution in [3.05, 3.63) is 12.2 Å². The van der Waals surface area contributed by atoms with E-state index in [1.54, 1.807) is 0 Å². The number of quaternary nitrogens is 1. The first-order valence-electron chi connectivity index (χ1n) is 20.7. The molecule has 0 amide bonds. The van der Waals surface area contributed by atoms with Crippen LogP contribution in [0.2, 0.25) is 0 Å². The van der Waals surface area contributed by atoms with Crippen LogP contribution in [-0.4, -0.2) is 50.5 Å². The molecule has 0 aromatic carbocycles. The molecule has 0 saturated carbocycles. The molecule has 7 nitrogen and oxygen atoms in total. The van der Waals surface area contributed by atoms with Crippen molar-refractivity contribution in [2.75, 3.05) is 34.3 Å². The highest BCUT2D eigenvalue weighted by atomic mass is 31.2. The van der Waals surface area contributed by atoms with Gasteiger partial charge in [0.05, 0.1) is 21.1 Å². The number of rotatable bonds is 38. The standard InChI is InChI=1S/C41H80NO6P/c1-5-6-7-8-9-10-11-12-14-17-20-23-26-29-32-35-40(43)36-33-30-27-24-21-18-15-13-16-19-22-25-28-31-34-37-41(44)48-49(45,46)47-39-38-42(2,3)4/h13,16H,5-12,14-15,17-39H2,1-4H3/b16-13-. The van der Waals surface area contributed by atoms with Crippen LogP contribution < -0.4 is 4.89 Å². The molecule has 8 heteroatoms. The molecule has 0 aliphatic carbocycles. The molecule has 0 radical (unpaired) electrons. The smallest absolute Gasteiger partial charge is 0.322 e. The summed E-state index contributed by atoms with van der Waals surface area (Å²) in [7, 11) is 1.22. The molecule has 0 aliphatic rings. The molecular formula is C41H80NO6P. The summed E-state index contributed by atoms with van der Waals surface area (Å²) >= 11 is 0. The first kappa shape index (κ1) is 48.0. The molecule has 0 fully saturated rings. The van der Waals surface area contributed by atoms with E-state index in [1.807, 2.05) is 21.1 Å². The van der Waals surface area contributed by atoms with Gasteiger partial charge in [-0.3, -0.25) is 14.2 Å². The summed E-state index contributed by atoms with van der Waals surface area (Å²) in [5, 5.41) is 0. The van der Waals surface area contributed by atoms with Crippen LogP contribution in [0.15, 0.2) is 12.2 Å². The third kappa shape index (κ3) is 39.6. The molecule has 0 bridgehead atoms. The van der Waals surface area contributed by atoms with Crippen LogP contribution in [0, 0.1) is 0 Å². The van der Waals surface area contributed by atoms with Crippen molar-refractivity contribution in [1.29, 1.82) is 0 Å². The molecule has 0 aliphatic heterocycles. The van der Waals surface area contributed by atoms with Crippen molar-refractivity contribution in [2.45, 2.75) is 206 Å². The number of carbonyl (C=O) groups excluding carboxylic acids is 2. The Morgan fingerprint density at radius 2 is 0.898 bits per heavy atom. The summed E-state index contributed by atoms with van der Waals surface area (Å²) in [6.45, 7) is 2.78. The van der Waals surface area contributed by atoms with Crippen LogP contribution in [0.25, 0.3) is 0 Å². The Hall–Kier alpha value is -1.01. The average molecular weight is 714 g/mol. The van der Waals surface area contributed by atoms with E-state index in [9.17, 15) is 19.0 Å². The van der Waals surface area contributed by atoms with Crippen LogP contribution in [-0.2, 0) is 23.2 Å². The number of phosphoric acid groups is 1. The number of phosphoric ester groups is 1. The van der Waals surface area contributed by atoms with Gasteiger partial charge in [-0.15, -0.1) is 0 Å². The number of allylic oxidation sites excluding steroid dienone is 2. The Morgan fingerprint density at radius 1 is 0.551 bits per heavy atom. The van der Waals surface area contributed by atoms with Gasteiger partial charge in [-0.05, 0) is 44.9 Å². The summed E-state index contributed by atoms with van der Waals surface area (Å²) in [4.78, 5) is 35.7. The van der Waals surface area contributed by atoms with E-state index in [4.69, 9.17) is 4.52 Å². The lowest BCUT2D eigenvalue weighted by atomic mass is 10.0. The third-order valence-electron chi connectivity index (χ3n) is 9.28. The number of nitrogens with zero attached hydrogens (tertiary/aromatic N) is 1. The molecule has 0 heterocycles. The van der Waals surface area contributed by atoms with E-state index >= 15 is 0 Å². The average Bonchev–Trinajstić information content (AvgIpc) is 3.03. The van der Waals surface area contributed by atoms with E-state index in [0.717, 1.165) is 64.2 Å². The van der Waals surface area contributed by atoms with Crippen LogP contribution >= 0.6 is 7.82 Å². The van der Waals surface area contributed by atoms with Gasteiger partial charge < -0.3 is 18.4 Å². The largest absolute Gasteiger partial charge is 0.746 e. The topological polar surface area (TPSA) is 92.7 Å². The normalized spacial score (nSPS) is 13.2. The first-order chi connectivity index (χ1) is 23.6. The maximum absolute atomic E-state index is 12.2. The van der Waals surface area contributed by atoms with Crippen LogP contribution in [0.5, 0.6) is 0 Å². The van der Waals surface area contributed by atoms with Gasteiger partial charge in [0.25, 0.3) is 0 Å². The zero-order valence-electron chi connectivity index (χ0n) is 32.8. The molecule has 0 saturated heterocycles. The van der Waals surface area contributed by atoms with Crippen molar-refractivity contribution in [1.82, 2.24) is 0 Å². The van der Waals surface area contributed by atoms with Gasteiger partial charge in [0, 0.05) is 19.3 Å². The number of Topliss-reactive ketones (excluding diaryl/α,β-unsaturated/α-hetero) is 1. The molecule has 49 heavy (non-hydrogen) atoms. The van der Waals surface area contributed by atoms with Gasteiger partial charge in [-0.1, -0.05) is 154 Å². The zero-order chi connectivity index (χ0) is 36.3. The number of hydrogen-bond acceptors (Lipinski definition) is 6. The fourth-order valence-corrected chi connectivity index (χ4v) is 6.73. The number of hydrogen-bond donors (Lipinski definition) is 0. The zero-order valence-corrected chi connectivity index (χ0v) is 33.7. The van der Waals surface area contributed by atoms with Crippen molar-refractivity contribution in [3.8, 4) is 0 Å². The van der Waals surface area contributed by atoms with Crippen molar-refractivity contribution in [3.63, 3.8) is 0 Å². The highest BCUT2D eigenvalue weighted by Crippen LogP contribution is 2.38. The molecular weight excluding hydrogens is 633 g/mol. The lowest BCUT2D eigenvalue weighted by molar-refractivity contribution is -0.870. The minimum absolute atomic E-state index is 0.00422. The summed E-state index contributed by atoms with van der Waals surface area (Å²) in [6, 6.07) is 0. The summed E-state index contributed by atoms with van der Waals surface area (Å²) in [5.41, 5.74) is 0. The number of likely N-dealkylation sites (N-methyl/N-ethyl adjacent to an activating group) is 1. The lowest BCUT2D eigenvalue weighted by Gasteiger charge is -2.26. The molecule has 0 spiro atoms. The van der Waals surface area contributed by atoms with Gasteiger partial charge >= 0.3 is 13.8 Å². The molecule has 0 N–H and O–H groups in total. The van der Waals surface area contributed by atoms with E-state index in [2.05, 4.69) is 23.6 Å². The Balaban J connectivity index is 3.38. The van der Waals surface area contributed by atoms with Gasteiger partial charge in [0.1, 0.15) is 18.9 Å². The summed E-state index contributed by atoms with van der Waals surface area (Å²) in [5.74, 6) is -0.257. The van der Waals surface area contributed by atoms with Crippen molar-refractivity contribution in [2.24, 2.45) is 0 Å². The minimum Gasteiger partial charge on any atom is -0.746 e. The second-order valence-electron chi connectivity index (χ2n) is 15.4. The number of ketones is 1. The van der Waals surface area contributed by atoms with Crippen molar-refractivity contribution < 1.29 is 32.6 Å². The number of unbranched alkanes of at least 4 members (excludes halogenated alkanes) is 25. The highest BCUT2D eigenvalue weighted by molar-refractivity contribution is 7.46. The van der Waals surface area contributed by atoms with E-state index in [0.29, 0.717) is 23.2 Å². The van der Waals surface area contributed by atoms with Crippen LogP contribution in [0.3, 0.4) is 0 Å². The van der Waals surface area contributed by atoms with Gasteiger partial charge in [-0.2, -0.15) is 0 Å². The van der Waals surface area contributed by atoms with Crippen LogP contribution in [0.4, 0.5) is 0 Å². The SMILES string of the molecule is CCCCCCCCCCCCCCCCCC(=O)CCCCCCCC/C=C\CCCCCCCC(=O)OP(=O)([O-])OCC[N+](C)(C)C. The molecule has 1 atom stereocenters. The molecule has 1 unspecified atom stereocenters. The van der Waals surface area contributed by atoms with E-state index < -0.39 is 13.8 Å². The van der Waals surface area contributed by atoms with E-state index in [-0.39, 0.29) is 13.0 Å². The maximum atomic E-state index is 12.2. The predicted molar refractivity (Wildman–Crippen MR) is 205 cm³/mol. The Kier molecular flexibility index (Phi) is 33.4. The summed E-state index contributed by atoms with van der Waals surface area (Å²) < 4.78 is 21.6. The third-order valence-corrected chi connectivity index (χ3v) is 10.2. The monoisotopic (exact) mass is 714 g/mol.